The molecular formula is C44H61N5O11. The van der Waals surface area contributed by atoms with Gasteiger partial charge in [0, 0.05) is 29.0 Å². The van der Waals surface area contributed by atoms with Crippen LogP contribution in [0.25, 0.3) is 0 Å². The van der Waals surface area contributed by atoms with Crippen LogP contribution < -0.4 is 27.4 Å². The second-order valence-corrected chi connectivity index (χ2v) is 17.8. The molecule has 1 saturated heterocycles. The number of aliphatic hydroxyl groups excluding tert-OH is 1. The van der Waals surface area contributed by atoms with Crippen molar-refractivity contribution < 1.29 is 52.8 Å². The van der Waals surface area contributed by atoms with E-state index in [0.717, 1.165) is 24.8 Å². The highest BCUT2D eigenvalue weighted by atomic mass is 16.8. The van der Waals surface area contributed by atoms with E-state index < -0.39 is 83.4 Å². The Morgan fingerprint density at radius 3 is 2.48 bits per heavy atom. The number of anilines is 1. The maximum Gasteiger partial charge on any atom is 0.509 e. The molecule has 4 fully saturated rings. The average molecular weight is 836 g/mol. The molecule has 0 bridgehead atoms. The van der Waals surface area contributed by atoms with Gasteiger partial charge >= 0.3 is 12.2 Å². The van der Waals surface area contributed by atoms with Gasteiger partial charge in [-0.05, 0) is 92.5 Å². The molecule has 3 saturated carbocycles. The lowest BCUT2D eigenvalue weighted by Gasteiger charge is -2.59. The molecule has 4 amide bonds. The van der Waals surface area contributed by atoms with Gasteiger partial charge in [0.1, 0.15) is 12.6 Å². The largest absolute Gasteiger partial charge is 0.509 e. The monoisotopic (exact) mass is 835 g/mol. The molecule has 6 rings (SSSR count). The van der Waals surface area contributed by atoms with Crippen molar-refractivity contribution in [2.45, 2.75) is 129 Å². The normalized spacial score (nSPS) is 32.3. The van der Waals surface area contributed by atoms with Gasteiger partial charge in [-0.3, -0.25) is 19.2 Å². The van der Waals surface area contributed by atoms with Crippen LogP contribution in [0.3, 0.4) is 0 Å². The van der Waals surface area contributed by atoms with Crippen LogP contribution in [0.4, 0.5) is 15.3 Å². The van der Waals surface area contributed by atoms with Gasteiger partial charge in [-0.25, -0.2) is 9.59 Å². The highest BCUT2D eigenvalue weighted by Gasteiger charge is 2.76. The predicted octanol–water partition coefficient (Wildman–Crippen LogP) is 3.93. The minimum absolute atomic E-state index is 0.0232. The summed E-state index contributed by atoms with van der Waals surface area (Å²) in [6, 6.07) is 4.04. The Morgan fingerprint density at radius 1 is 1.07 bits per heavy atom. The van der Waals surface area contributed by atoms with Crippen molar-refractivity contribution in [2.75, 3.05) is 18.5 Å². The first-order valence-electron chi connectivity index (χ1n) is 21.2. The molecule has 11 atom stereocenters. The number of ketones is 2. The number of urea groups is 1. The summed E-state index contributed by atoms with van der Waals surface area (Å²) in [5, 5.41) is 19.9. The van der Waals surface area contributed by atoms with Crippen LogP contribution in [0.5, 0.6) is 0 Å². The van der Waals surface area contributed by atoms with E-state index in [4.69, 9.17) is 30.4 Å². The summed E-state index contributed by atoms with van der Waals surface area (Å²) >= 11 is 0. The number of nitrogens with one attached hydrogen (secondary N) is 3. The molecule has 0 aromatic heterocycles. The quantitative estimate of drug-likeness (QED) is 0.102. The van der Waals surface area contributed by atoms with E-state index in [1.165, 1.54) is 0 Å². The van der Waals surface area contributed by atoms with Gasteiger partial charge in [0.15, 0.2) is 24.3 Å². The SMILES string of the molecule is CCCC1O[C@@H]2CC3[C@@H]4CCC5=CC(=O)C=C[C@]5(C)C4[C@@H](O)C[C@]3(C)[C@]2(C(=O)COC(=O)OCc2ccc(NC(=O)[C@H](CCCNC(N)=O)NC(=O)[C@@H](N)C(C)C)cc2)O1. The molecule has 5 aliphatic rings. The lowest BCUT2D eigenvalue weighted by molar-refractivity contribution is -0.200. The van der Waals surface area contributed by atoms with Gasteiger partial charge in [0.25, 0.3) is 0 Å². The third-order valence-electron chi connectivity index (χ3n) is 13.7. The number of nitrogens with two attached hydrogens (primary N) is 2. The molecule has 1 aliphatic heterocycles. The highest BCUT2D eigenvalue weighted by molar-refractivity contribution is 6.01. The van der Waals surface area contributed by atoms with Crippen LogP contribution in [-0.2, 0) is 44.7 Å². The van der Waals surface area contributed by atoms with E-state index in [1.54, 1.807) is 50.3 Å². The molecule has 60 heavy (non-hydrogen) atoms. The number of primary amides is 1. The van der Waals surface area contributed by atoms with E-state index in [0.29, 0.717) is 30.5 Å². The second-order valence-electron chi connectivity index (χ2n) is 17.8. The fraction of sp³-hybridized carbons (Fsp3) is 0.636. The van der Waals surface area contributed by atoms with E-state index in [1.807, 2.05) is 19.9 Å². The zero-order valence-electron chi connectivity index (χ0n) is 35.2. The Morgan fingerprint density at radius 2 is 1.80 bits per heavy atom. The lowest BCUT2D eigenvalue weighted by Crippen LogP contribution is -2.63. The first-order chi connectivity index (χ1) is 28.4. The molecule has 3 unspecified atom stereocenters. The topological polar surface area (TPSA) is 248 Å². The second kappa shape index (κ2) is 18.1. The van der Waals surface area contributed by atoms with Crippen LogP contribution >= 0.6 is 0 Å². The first-order valence-corrected chi connectivity index (χ1v) is 21.2. The summed E-state index contributed by atoms with van der Waals surface area (Å²) in [5.41, 5.74) is 10.4. The van der Waals surface area contributed by atoms with Crippen molar-refractivity contribution in [1.29, 1.82) is 0 Å². The first kappa shape index (κ1) is 44.9. The molecule has 328 valence electrons. The van der Waals surface area contributed by atoms with Gasteiger partial charge in [-0.15, -0.1) is 0 Å². The summed E-state index contributed by atoms with van der Waals surface area (Å²) in [4.78, 5) is 76.6. The van der Waals surface area contributed by atoms with Gasteiger partial charge in [-0.1, -0.05) is 64.8 Å². The van der Waals surface area contributed by atoms with Crippen molar-refractivity contribution in [3.63, 3.8) is 0 Å². The molecule has 1 aromatic rings. The standard InChI is InChI=1S/C44H61N5O11/c1-6-8-35-59-34-20-30-29-15-12-26-19-28(50)16-17-42(26,4)36(29)32(51)21-43(30,5)44(34,60-35)33(52)23-58-41(56)57-22-25-10-13-27(14-11-25)48-38(53)31(9-7-18-47-40(46)55)49-39(54)37(45)24(2)3/h10-11,13-14,16-17,19,24,29-32,34-37,51H,6-9,12,15,18,20-23,45H2,1-5H3,(H,48,53)(H,49,54)(H3,46,47,55)/t29-,30?,31-,32-,34+,35?,36?,37-,42-,43-,44+/m0/s1. The zero-order valence-corrected chi connectivity index (χ0v) is 35.2. The molecule has 4 aliphatic carbocycles. The maximum atomic E-state index is 14.5. The molecule has 16 heteroatoms. The van der Waals surface area contributed by atoms with Crippen molar-refractivity contribution in [2.24, 2.45) is 46.0 Å². The van der Waals surface area contributed by atoms with Crippen molar-refractivity contribution >= 4 is 41.3 Å². The maximum absolute atomic E-state index is 14.5. The summed E-state index contributed by atoms with van der Waals surface area (Å²) in [6.07, 6.45) is 6.48. The number of Topliss-reactive ketones (excluding diaryl/α,β-unsaturated/α-hetero) is 1. The number of aliphatic hydroxyl groups is 1. The number of benzene rings is 1. The number of hydrogen-bond acceptors (Lipinski definition) is 12. The van der Waals surface area contributed by atoms with Gasteiger partial charge in [0.2, 0.25) is 17.6 Å². The van der Waals surface area contributed by atoms with Crippen LogP contribution in [0, 0.1) is 34.5 Å². The fourth-order valence-electron chi connectivity index (χ4n) is 10.7. The van der Waals surface area contributed by atoms with Crippen LogP contribution in [0.15, 0.2) is 48.1 Å². The predicted molar refractivity (Wildman–Crippen MR) is 219 cm³/mol. The Kier molecular flexibility index (Phi) is 13.6. The number of fused-ring (bicyclic) bond motifs is 7. The molecular weight excluding hydrogens is 775 g/mol. The van der Waals surface area contributed by atoms with Crippen LogP contribution in [0.2, 0.25) is 0 Å². The number of hydrogen-bond donors (Lipinski definition) is 6. The third-order valence-corrected chi connectivity index (χ3v) is 13.7. The number of amides is 4. The summed E-state index contributed by atoms with van der Waals surface area (Å²) in [7, 11) is 0. The number of ether oxygens (including phenoxy) is 4. The van der Waals surface area contributed by atoms with Crippen molar-refractivity contribution in [3.05, 3.63) is 53.6 Å². The van der Waals surface area contributed by atoms with Crippen molar-refractivity contribution in [1.82, 2.24) is 10.6 Å². The Balaban J connectivity index is 1.06. The van der Waals surface area contributed by atoms with Gasteiger partial charge in [0.05, 0.1) is 18.2 Å². The minimum atomic E-state index is -1.44. The van der Waals surface area contributed by atoms with E-state index in [9.17, 15) is 33.9 Å². The van der Waals surface area contributed by atoms with E-state index in [2.05, 4.69) is 22.9 Å². The summed E-state index contributed by atoms with van der Waals surface area (Å²) < 4.78 is 23.9. The average Bonchev–Trinajstić information content (AvgIpc) is 3.68. The molecule has 1 aromatic carbocycles. The number of allylic oxidation sites excluding steroid dienone is 4. The fourth-order valence-corrected chi connectivity index (χ4v) is 10.7. The summed E-state index contributed by atoms with van der Waals surface area (Å²) in [5.74, 6) is -1.71. The molecule has 8 N–H and O–H groups in total. The number of carbonyl (C=O) groups excluding carboxylic acids is 6. The minimum Gasteiger partial charge on any atom is -0.429 e. The molecule has 16 nitrogen and oxygen atoms in total. The van der Waals surface area contributed by atoms with Gasteiger partial charge in [-0.2, -0.15) is 0 Å². The Hall–Kier alpha value is -4.64. The Bertz CT molecular complexity index is 1880. The lowest BCUT2D eigenvalue weighted by atomic mass is 9.46. The third kappa shape index (κ3) is 8.74. The number of rotatable bonds is 16. The highest BCUT2D eigenvalue weighted by Crippen LogP contribution is 2.69. The van der Waals surface area contributed by atoms with Crippen LogP contribution in [-0.4, -0.2) is 90.0 Å². The zero-order chi connectivity index (χ0) is 43.6. The van der Waals surface area contributed by atoms with Gasteiger partial charge < -0.3 is 51.5 Å². The summed E-state index contributed by atoms with van der Waals surface area (Å²) in [6.45, 7) is 9.13. The molecule has 1 heterocycles. The number of carbonyl (C=O) groups is 6. The molecule has 0 radical (unpaired) electrons. The Labute approximate surface area is 350 Å². The van der Waals surface area contributed by atoms with Crippen LogP contribution in [0.1, 0.15) is 91.5 Å². The molecule has 0 spiro atoms. The smallest absolute Gasteiger partial charge is 0.429 e. The van der Waals surface area contributed by atoms with Crippen molar-refractivity contribution in [3.8, 4) is 0 Å². The van der Waals surface area contributed by atoms with E-state index in [-0.39, 0.29) is 55.4 Å². The van der Waals surface area contributed by atoms with E-state index >= 15 is 0 Å².